The minimum Gasteiger partial charge on any atom is -0.349 e. The summed E-state index contributed by atoms with van der Waals surface area (Å²) in [6, 6.07) is 19.1. The predicted octanol–water partition coefficient (Wildman–Crippen LogP) is 8.72. The second kappa shape index (κ2) is 14.7. The molecule has 0 bridgehead atoms. The van der Waals surface area contributed by atoms with E-state index in [4.69, 9.17) is 0 Å². The van der Waals surface area contributed by atoms with Gasteiger partial charge in [-0.2, -0.15) is 26.3 Å². The van der Waals surface area contributed by atoms with E-state index in [1.165, 1.54) is 12.1 Å². The highest BCUT2D eigenvalue weighted by Crippen LogP contribution is 2.53. The normalized spacial score (nSPS) is 21.0. The molecule has 270 valence electrons. The van der Waals surface area contributed by atoms with Gasteiger partial charge in [0.25, 0.3) is 5.91 Å². The molecule has 2 atom stereocenters. The van der Waals surface area contributed by atoms with Gasteiger partial charge in [0.2, 0.25) is 5.91 Å². The Bertz CT molecular complexity index is 1810. The van der Waals surface area contributed by atoms with Crippen LogP contribution in [0.3, 0.4) is 0 Å². The van der Waals surface area contributed by atoms with Gasteiger partial charge in [0.05, 0.1) is 11.0 Å². The standard InChI is InChI=1S/C40H41F6N3O2/c1-26-12-17-35-33(24-26)31-9-4-5-11-34(31)38(35,37(51)47-25-39(41,42)43)20-6-7-21-49-22-18-29(19-23-49)48-36(50)32-10-3-2-8-30(32)27-13-15-28(16-14-27)40(44,45)46/h2-5,8-17,26,29H,6-7,18-25H2,1H3,(H,47,51)(H,48,50). The number of nitrogens with zero attached hydrogens (tertiary/aromatic N) is 1. The molecule has 1 saturated heterocycles. The summed E-state index contributed by atoms with van der Waals surface area (Å²) in [6.45, 7) is 2.93. The number of benzene rings is 3. The Kier molecular flexibility index (Phi) is 10.5. The number of fused-ring (bicyclic) bond motifs is 2. The topological polar surface area (TPSA) is 61.4 Å². The molecule has 5 nitrogen and oxygen atoms in total. The van der Waals surface area contributed by atoms with Crippen LogP contribution < -0.4 is 10.6 Å². The third-order valence-corrected chi connectivity index (χ3v) is 10.3. The highest BCUT2D eigenvalue weighted by Gasteiger charge is 2.50. The molecule has 0 saturated carbocycles. The highest BCUT2D eigenvalue weighted by molar-refractivity contribution is 6.02. The average molecular weight is 710 g/mol. The van der Waals surface area contributed by atoms with Crippen LogP contribution in [-0.2, 0) is 16.4 Å². The van der Waals surface area contributed by atoms with Crippen molar-refractivity contribution in [2.24, 2.45) is 5.92 Å². The summed E-state index contributed by atoms with van der Waals surface area (Å²) < 4.78 is 78.9. The fourth-order valence-electron chi connectivity index (χ4n) is 7.80. The van der Waals surface area contributed by atoms with E-state index >= 15 is 0 Å². The number of likely N-dealkylation sites (tertiary alicyclic amines) is 1. The smallest absolute Gasteiger partial charge is 0.349 e. The van der Waals surface area contributed by atoms with Crippen molar-refractivity contribution in [3.05, 3.63) is 113 Å². The van der Waals surface area contributed by atoms with Crippen LogP contribution in [0.15, 0.2) is 90.5 Å². The summed E-state index contributed by atoms with van der Waals surface area (Å²) in [6.07, 6.45) is -1.08. The summed E-state index contributed by atoms with van der Waals surface area (Å²) >= 11 is 0. The number of hydrogen-bond acceptors (Lipinski definition) is 3. The lowest BCUT2D eigenvalue weighted by Gasteiger charge is -2.34. The van der Waals surface area contributed by atoms with E-state index in [9.17, 15) is 35.9 Å². The van der Waals surface area contributed by atoms with E-state index in [0.717, 1.165) is 66.9 Å². The number of allylic oxidation sites excluding steroid dienone is 3. The van der Waals surface area contributed by atoms with E-state index in [1.54, 1.807) is 24.3 Å². The summed E-state index contributed by atoms with van der Waals surface area (Å²) in [5.74, 6) is -0.644. The summed E-state index contributed by atoms with van der Waals surface area (Å²) in [7, 11) is 0. The molecule has 0 aromatic heterocycles. The van der Waals surface area contributed by atoms with Crippen molar-refractivity contribution in [2.45, 2.75) is 69.3 Å². The van der Waals surface area contributed by atoms with Gasteiger partial charge in [-0.1, -0.05) is 80.1 Å². The van der Waals surface area contributed by atoms with Crippen LogP contribution >= 0.6 is 0 Å². The third kappa shape index (κ3) is 7.93. The van der Waals surface area contributed by atoms with Crippen molar-refractivity contribution >= 4 is 17.4 Å². The van der Waals surface area contributed by atoms with Gasteiger partial charge in [0.15, 0.2) is 0 Å². The van der Waals surface area contributed by atoms with Gasteiger partial charge >= 0.3 is 12.4 Å². The van der Waals surface area contributed by atoms with E-state index in [-0.39, 0.29) is 17.9 Å². The largest absolute Gasteiger partial charge is 0.416 e. The summed E-state index contributed by atoms with van der Waals surface area (Å²) in [4.78, 5) is 29.5. The molecule has 3 aliphatic rings. The Morgan fingerprint density at radius 3 is 2.22 bits per heavy atom. The zero-order valence-electron chi connectivity index (χ0n) is 28.3. The minimum atomic E-state index is -4.52. The Morgan fingerprint density at radius 2 is 1.53 bits per heavy atom. The van der Waals surface area contributed by atoms with E-state index in [0.29, 0.717) is 42.4 Å². The number of piperidine rings is 1. The SMILES string of the molecule is CC1C=CC2=C(C1)c1ccccc1C2(CCCCN1CCC(NC(=O)c2ccccc2-c2ccc(C(F)(F)F)cc2)CC1)C(=O)NCC(F)(F)F. The third-order valence-electron chi connectivity index (χ3n) is 10.3. The van der Waals surface area contributed by atoms with Crippen molar-refractivity contribution in [1.29, 1.82) is 0 Å². The number of hydrogen-bond donors (Lipinski definition) is 2. The van der Waals surface area contributed by atoms with E-state index in [2.05, 4.69) is 22.5 Å². The Balaban J connectivity index is 1.06. The highest BCUT2D eigenvalue weighted by atomic mass is 19.4. The molecule has 2 aliphatic carbocycles. The Hall–Kier alpha value is -4.38. The molecular formula is C40H41F6N3O2. The van der Waals surface area contributed by atoms with E-state index < -0.39 is 35.8 Å². The zero-order chi connectivity index (χ0) is 36.4. The Morgan fingerprint density at radius 1 is 0.863 bits per heavy atom. The van der Waals surface area contributed by atoms with E-state index in [1.807, 2.05) is 36.4 Å². The molecule has 2 amide bonds. The van der Waals surface area contributed by atoms with Crippen LogP contribution in [0.1, 0.15) is 72.5 Å². The number of unbranched alkanes of at least 4 members (excludes halogenated alkanes) is 1. The number of carbonyl (C=O) groups excluding carboxylic acids is 2. The molecule has 0 spiro atoms. The molecule has 6 rings (SSSR count). The lowest BCUT2D eigenvalue weighted by molar-refractivity contribution is -0.141. The second-order valence-corrected chi connectivity index (χ2v) is 13.8. The fourth-order valence-corrected chi connectivity index (χ4v) is 7.80. The van der Waals surface area contributed by atoms with Crippen molar-refractivity contribution < 1.29 is 35.9 Å². The average Bonchev–Trinajstić information content (AvgIpc) is 3.38. The van der Waals surface area contributed by atoms with Crippen LogP contribution in [0.25, 0.3) is 16.7 Å². The molecule has 1 aliphatic heterocycles. The summed E-state index contributed by atoms with van der Waals surface area (Å²) in [5, 5.41) is 5.32. The molecule has 1 heterocycles. The van der Waals surface area contributed by atoms with Crippen LogP contribution in [0, 0.1) is 5.92 Å². The van der Waals surface area contributed by atoms with Crippen LogP contribution in [-0.4, -0.2) is 55.1 Å². The maximum absolute atomic E-state index is 13.8. The van der Waals surface area contributed by atoms with Gasteiger partial charge in [-0.25, -0.2) is 0 Å². The van der Waals surface area contributed by atoms with Crippen molar-refractivity contribution in [3.8, 4) is 11.1 Å². The first-order chi connectivity index (χ1) is 24.3. The maximum Gasteiger partial charge on any atom is 0.416 e. The van der Waals surface area contributed by atoms with Gasteiger partial charge in [0, 0.05) is 24.7 Å². The number of carbonyl (C=O) groups is 2. The fraction of sp³-hybridized carbons (Fsp3) is 0.400. The van der Waals surface area contributed by atoms with Crippen LogP contribution in [0.2, 0.25) is 0 Å². The minimum absolute atomic E-state index is 0.0733. The lowest BCUT2D eigenvalue weighted by atomic mass is 9.71. The number of amides is 2. The molecule has 3 aromatic rings. The monoisotopic (exact) mass is 709 g/mol. The van der Waals surface area contributed by atoms with Crippen LogP contribution in [0.4, 0.5) is 26.3 Å². The van der Waals surface area contributed by atoms with Crippen molar-refractivity contribution in [1.82, 2.24) is 15.5 Å². The number of rotatable bonds is 10. The Labute approximate surface area is 293 Å². The quantitative estimate of drug-likeness (QED) is 0.164. The molecule has 11 heteroatoms. The van der Waals surface area contributed by atoms with Crippen LogP contribution in [0.5, 0.6) is 0 Å². The predicted molar refractivity (Wildman–Crippen MR) is 185 cm³/mol. The molecule has 2 unspecified atom stereocenters. The van der Waals surface area contributed by atoms with Gasteiger partial charge < -0.3 is 15.5 Å². The van der Waals surface area contributed by atoms with Gasteiger partial charge in [-0.05, 0) is 96.2 Å². The van der Waals surface area contributed by atoms with Gasteiger partial charge in [-0.3, -0.25) is 9.59 Å². The van der Waals surface area contributed by atoms with Gasteiger partial charge in [-0.15, -0.1) is 0 Å². The first kappa shape index (κ1) is 36.4. The number of nitrogens with one attached hydrogen (secondary N) is 2. The molecule has 51 heavy (non-hydrogen) atoms. The van der Waals surface area contributed by atoms with Gasteiger partial charge in [0.1, 0.15) is 6.54 Å². The molecule has 2 N–H and O–H groups in total. The maximum atomic E-state index is 13.8. The second-order valence-electron chi connectivity index (χ2n) is 13.8. The number of halogens is 6. The first-order valence-corrected chi connectivity index (χ1v) is 17.4. The summed E-state index contributed by atoms with van der Waals surface area (Å²) in [5.41, 5.74) is 3.07. The molecule has 0 radical (unpaired) electrons. The first-order valence-electron chi connectivity index (χ1n) is 17.4. The lowest BCUT2D eigenvalue weighted by Crippen LogP contribution is -2.47. The number of alkyl halides is 6. The zero-order valence-corrected chi connectivity index (χ0v) is 28.3. The molecule has 3 aromatic carbocycles. The van der Waals surface area contributed by atoms with Crippen molar-refractivity contribution in [3.63, 3.8) is 0 Å². The van der Waals surface area contributed by atoms with Crippen molar-refractivity contribution in [2.75, 3.05) is 26.2 Å². The molecule has 1 fully saturated rings. The molecular weight excluding hydrogens is 668 g/mol.